The number of carbonyl (C=O) groups is 1. The Kier molecular flexibility index (Phi) is 5.43. The first kappa shape index (κ1) is 20.4. The topological polar surface area (TPSA) is 115 Å². The van der Waals surface area contributed by atoms with E-state index < -0.39 is 10.0 Å². The van der Waals surface area contributed by atoms with Gasteiger partial charge in [0.1, 0.15) is 5.75 Å². The molecule has 9 nitrogen and oxygen atoms in total. The predicted molar refractivity (Wildman–Crippen MR) is 111 cm³/mol. The molecule has 2 aliphatic carbocycles. The lowest BCUT2D eigenvalue weighted by Crippen LogP contribution is -2.39. The van der Waals surface area contributed by atoms with Crippen LogP contribution in [0.3, 0.4) is 0 Å². The summed E-state index contributed by atoms with van der Waals surface area (Å²) in [6.45, 7) is -0.0161. The van der Waals surface area contributed by atoms with Gasteiger partial charge in [-0.25, -0.2) is 13.1 Å². The van der Waals surface area contributed by atoms with E-state index in [-0.39, 0.29) is 30.0 Å². The number of nitrogens with zero attached hydrogens (tertiary/aromatic N) is 3. The summed E-state index contributed by atoms with van der Waals surface area (Å²) in [4.78, 5) is 18.6. The van der Waals surface area contributed by atoms with Crippen LogP contribution in [-0.2, 0) is 21.4 Å². The smallest absolute Gasteiger partial charge is 0.265 e. The fourth-order valence-corrected chi connectivity index (χ4v) is 5.65. The Morgan fingerprint density at radius 2 is 1.90 bits per heavy atom. The van der Waals surface area contributed by atoms with Crippen molar-refractivity contribution in [1.82, 2.24) is 14.9 Å². The third-order valence-electron chi connectivity index (χ3n) is 6.35. The normalized spacial score (nSPS) is 20.3. The van der Waals surface area contributed by atoms with Crippen molar-refractivity contribution in [3.63, 3.8) is 0 Å². The van der Waals surface area contributed by atoms with Crippen LogP contribution in [-0.4, -0.2) is 37.1 Å². The van der Waals surface area contributed by atoms with Gasteiger partial charge in [0.15, 0.2) is 12.4 Å². The van der Waals surface area contributed by atoms with Crippen molar-refractivity contribution in [3.8, 4) is 5.75 Å². The van der Waals surface area contributed by atoms with E-state index in [1.54, 1.807) is 6.07 Å². The van der Waals surface area contributed by atoms with E-state index in [0.29, 0.717) is 29.1 Å². The summed E-state index contributed by atoms with van der Waals surface area (Å²) < 4.78 is 39.6. The summed E-state index contributed by atoms with van der Waals surface area (Å²) in [5.41, 5.74) is 0.401. The van der Waals surface area contributed by atoms with Crippen LogP contribution in [0, 0.1) is 0 Å². The summed E-state index contributed by atoms with van der Waals surface area (Å²) in [6.07, 6.45) is 8.13. The number of ether oxygens (including phenoxy) is 1. The minimum absolute atomic E-state index is 0.0481. The van der Waals surface area contributed by atoms with Gasteiger partial charge in [0.05, 0.1) is 17.1 Å². The maximum atomic E-state index is 13.0. The SMILES string of the molecule is O=C1COc2ccc(S(=O)(=O)NC3CCCCC3)cc2N1Cc1noc(C2CCC2)n1. The molecule has 1 aliphatic heterocycles. The Hall–Kier alpha value is -2.46. The van der Waals surface area contributed by atoms with Gasteiger partial charge in [-0.2, -0.15) is 4.98 Å². The highest BCUT2D eigenvalue weighted by Gasteiger charge is 2.31. The summed E-state index contributed by atoms with van der Waals surface area (Å²) in [6, 6.07) is 4.55. The minimum atomic E-state index is -3.70. The first-order valence-electron chi connectivity index (χ1n) is 10.9. The monoisotopic (exact) mass is 446 g/mol. The van der Waals surface area contributed by atoms with Crippen LogP contribution >= 0.6 is 0 Å². The van der Waals surface area contributed by atoms with E-state index in [4.69, 9.17) is 9.26 Å². The zero-order valence-corrected chi connectivity index (χ0v) is 18.1. The average molecular weight is 447 g/mol. The van der Waals surface area contributed by atoms with Gasteiger partial charge in [-0.15, -0.1) is 0 Å². The molecule has 10 heteroatoms. The molecule has 0 atom stereocenters. The molecule has 0 radical (unpaired) electrons. The molecule has 1 amide bonds. The van der Waals surface area contributed by atoms with Gasteiger partial charge in [0, 0.05) is 12.0 Å². The summed E-state index contributed by atoms with van der Waals surface area (Å²) >= 11 is 0. The van der Waals surface area contributed by atoms with Crippen LogP contribution in [0.25, 0.3) is 0 Å². The minimum Gasteiger partial charge on any atom is -0.482 e. The van der Waals surface area contributed by atoms with Crippen molar-refractivity contribution in [1.29, 1.82) is 0 Å². The number of aromatic nitrogens is 2. The number of hydrogen-bond donors (Lipinski definition) is 1. The van der Waals surface area contributed by atoms with Crippen LogP contribution in [0.15, 0.2) is 27.6 Å². The molecule has 2 saturated carbocycles. The summed E-state index contributed by atoms with van der Waals surface area (Å²) in [5.74, 6) is 1.49. The van der Waals surface area contributed by atoms with E-state index >= 15 is 0 Å². The Bertz CT molecular complexity index is 1070. The number of amides is 1. The van der Waals surface area contributed by atoms with E-state index in [1.165, 1.54) is 17.0 Å². The third-order valence-corrected chi connectivity index (χ3v) is 7.87. The zero-order valence-electron chi connectivity index (χ0n) is 17.2. The van der Waals surface area contributed by atoms with Crippen molar-refractivity contribution in [2.45, 2.75) is 74.8 Å². The van der Waals surface area contributed by atoms with Crippen LogP contribution in [0.4, 0.5) is 5.69 Å². The van der Waals surface area contributed by atoms with Gasteiger partial charge >= 0.3 is 0 Å². The number of benzene rings is 1. The lowest BCUT2D eigenvalue weighted by atomic mass is 9.85. The maximum Gasteiger partial charge on any atom is 0.265 e. The van der Waals surface area contributed by atoms with Gasteiger partial charge in [-0.05, 0) is 43.9 Å². The molecular weight excluding hydrogens is 420 g/mol. The average Bonchev–Trinajstić information content (AvgIpc) is 3.17. The lowest BCUT2D eigenvalue weighted by Gasteiger charge is -2.29. The number of nitrogens with one attached hydrogen (secondary N) is 1. The highest BCUT2D eigenvalue weighted by Crippen LogP contribution is 2.37. The quantitative estimate of drug-likeness (QED) is 0.725. The molecular formula is C21H26N4O5S. The van der Waals surface area contributed by atoms with Crippen molar-refractivity contribution in [3.05, 3.63) is 29.9 Å². The number of sulfonamides is 1. The second-order valence-electron chi connectivity index (χ2n) is 8.53. The summed E-state index contributed by atoms with van der Waals surface area (Å²) in [5, 5.41) is 4.02. The molecule has 0 saturated heterocycles. The molecule has 2 fully saturated rings. The highest BCUT2D eigenvalue weighted by atomic mass is 32.2. The lowest BCUT2D eigenvalue weighted by molar-refractivity contribution is -0.121. The van der Waals surface area contributed by atoms with Crippen molar-refractivity contribution < 1.29 is 22.5 Å². The fourth-order valence-electron chi connectivity index (χ4n) is 4.32. The number of rotatable bonds is 6. The number of anilines is 1. The molecule has 1 aromatic heterocycles. The van der Waals surface area contributed by atoms with Gasteiger partial charge in [-0.3, -0.25) is 9.69 Å². The van der Waals surface area contributed by atoms with E-state index in [0.717, 1.165) is 51.4 Å². The van der Waals surface area contributed by atoms with Crippen molar-refractivity contribution in [2.24, 2.45) is 0 Å². The van der Waals surface area contributed by atoms with E-state index in [2.05, 4.69) is 14.9 Å². The van der Waals surface area contributed by atoms with Crippen molar-refractivity contribution >= 4 is 21.6 Å². The van der Waals surface area contributed by atoms with Crippen LogP contribution in [0.2, 0.25) is 0 Å². The molecule has 166 valence electrons. The molecule has 1 aromatic carbocycles. The molecule has 2 aromatic rings. The van der Waals surface area contributed by atoms with Crippen LogP contribution < -0.4 is 14.4 Å². The van der Waals surface area contributed by atoms with Gasteiger partial charge in [0.2, 0.25) is 15.9 Å². The first-order valence-corrected chi connectivity index (χ1v) is 12.4. The molecule has 2 heterocycles. The molecule has 1 N–H and O–H groups in total. The van der Waals surface area contributed by atoms with Crippen molar-refractivity contribution in [2.75, 3.05) is 11.5 Å². The Morgan fingerprint density at radius 1 is 1.10 bits per heavy atom. The molecule has 0 bridgehead atoms. The molecule has 0 spiro atoms. The first-order chi connectivity index (χ1) is 15.0. The maximum absolute atomic E-state index is 13.0. The Labute approximate surface area is 181 Å². The van der Waals surface area contributed by atoms with Crippen LogP contribution in [0.5, 0.6) is 5.75 Å². The Balaban J connectivity index is 1.39. The fraction of sp³-hybridized carbons (Fsp3) is 0.571. The van der Waals surface area contributed by atoms with E-state index in [9.17, 15) is 13.2 Å². The largest absolute Gasteiger partial charge is 0.482 e. The highest BCUT2D eigenvalue weighted by molar-refractivity contribution is 7.89. The predicted octanol–water partition coefficient (Wildman–Crippen LogP) is 2.87. The molecule has 5 rings (SSSR count). The molecule has 3 aliphatic rings. The zero-order chi connectivity index (χ0) is 21.4. The number of hydrogen-bond acceptors (Lipinski definition) is 7. The van der Waals surface area contributed by atoms with E-state index in [1.807, 2.05) is 0 Å². The third kappa shape index (κ3) is 4.18. The Morgan fingerprint density at radius 3 is 2.65 bits per heavy atom. The second-order valence-corrected chi connectivity index (χ2v) is 10.2. The van der Waals surface area contributed by atoms with Gasteiger partial charge in [-0.1, -0.05) is 30.8 Å². The second kappa shape index (κ2) is 8.23. The van der Waals surface area contributed by atoms with Crippen LogP contribution in [0.1, 0.15) is 69.0 Å². The molecule has 0 unspecified atom stereocenters. The summed E-state index contributed by atoms with van der Waals surface area (Å²) in [7, 11) is -3.70. The molecule has 31 heavy (non-hydrogen) atoms. The number of carbonyl (C=O) groups excluding carboxylic acids is 1. The standard InChI is InChI=1S/C21H26N4O5S/c26-20-13-29-18-10-9-16(31(27,28)24-15-7-2-1-3-8-15)11-17(18)25(20)12-19-22-21(30-23-19)14-5-4-6-14/h9-11,14-15,24H,1-8,12-13H2. The van der Waals surface area contributed by atoms with Gasteiger partial charge in [0.25, 0.3) is 5.91 Å². The number of fused-ring (bicyclic) bond motifs is 1. The van der Waals surface area contributed by atoms with Gasteiger partial charge < -0.3 is 9.26 Å².